The molecule has 0 saturated carbocycles. The van der Waals surface area contributed by atoms with Crippen LogP contribution in [0.2, 0.25) is 0 Å². The summed E-state index contributed by atoms with van der Waals surface area (Å²) in [5.74, 6) is -1.78. The van der Waals surface area contributed by atoms with Crippen LogP contribution < -0.4 is 38.9 Å². The molecular formula is C96H124Br3ClN22O19S2. The molecule has 17 rings (SSSR count). The molecule has 12 heterocycles. The molecule has 11 aromatic rings. The van der Waals surface area contributed by atoms with Crippen molar-refractivity contribution in [2.24, 2.45) is 0 Å². The second-order valence-corrected chi connectivity index (χ2v) is 31.9. The molecule has 41 nitrogen and oxygen atoms in total. The Bertz CT molecular complexity index is 5790. The molecule has 5 amide bonds. The molecule has 6 aliphatic heterocycles. The van der Waals surface area contributed by atoms with Crippen molar-refractivity contribution >= 4 is 179 Å². The molecule has 7 atom stereocenters. The quantitative estimate of drug-likeness (QED) is 0.0188. The minimum absolute atomic E-state index is 0. The predicted octanol–water partition coefficient (Wildman–Crippen LogP) is 15.4. The Hall–Kier alpha value is -13.8. The summed E-state index contributed by atoms with van der Waals surface area (Å²) >= 11 is 8.79. The predicted molar refractivity (Wildman–Crippen MR) is 558 cm³/mol. The van der Waals surface area contributed by atoms with Crippen LogP contribution in [-0.4, -0.2) is 211 Å². The SMILES string of the molecule is Br.Br.Br.C.C.C.C.C.C.CCNc1nc([C@@H]2NCc3nc(N)ncc32)cs1.CCNc1nc([C@H]2c3cnc(N)nc3CN2C(=O)OCc2ccccc2)cs1.COC(=O)[C@H]1CC(=O)CN1C(=O)OCc1ccccc1.COC(=O)[C@H]1C[C@@H](O)CN1C(=O)OCc1ccccc1.COC(=O)[C@H]1c2cnc(N)nc2CN1C(=O)OCc1ccccc1.Nc1ncc2c(n1)CN(C(=O)OCc1ccccc1)[C@H]2C(=O)CCl. The van der Waals surface area contributed by atoms with Crippen LogP contribution in [0.25, 0.3) is 0 Å². The van der Waals surface area contributed by atoms with Gasteiger partial charge in [0.25, 0.3) is 0 Å². The van der Waals surface area contributed by atoms with E-state index in [1.807, 2.05) is 164 Å². The molecule has 0 bridgehead atoms. The number of hydrogen-bond donors (Lipinski definition) is 8. The molecule has 5 aromatic carbocycles. The fourth-order valence-corrected chi connectivity index (χ4v) is 16.3. The van der Waals surface area contributed by atoms with Crippen molar-refractivity contribution in [1.29, 1.82) is 0 Å². The number of carbonyl (C=O) groups excluding carboxylic acids is 10. The van der Waals surface area contributed by atoms with E-state index in [2.05, 4.69) is 87.6 Å². The van der Waals surface area contributed by atoms with E-state index in [1.165, 1.54) is 59.8 Å². The van der Waals surface area contributed by atoms with E-state index in [4.69, 9.17) is 63.0 Å². The van der Waals surface area contributed by atoms with Gasteiger partial charge < -0.3 is 76.6 Å². The van der Waals surface area contributed by atoms with Crippen molar-refractivity contribution in [2.75, 3.05) is 87.0 Å². The first-order valence-electron chi connectivity index (χ1n) is 41.8. The van der Waals surface area contributed by atoms with Gasteiger partial charge in [-0.25, -0.2) is 88.2 Å². The third kappa shape index (κ3) is 33.2. The fraction of sp³-hybridized carbons (Fsp3) is 0.354. The number of nitrogen functional groups attached to an aromatic ring is 4. The highest BCUT2D eigenvalue weighted by molar-refractivity contribution is 8.93. The summed E-state index contributed by atoms with van der Waals surface area (Å²) in [6.45, 7) is 7.56. The smallest absolute Gasteiger partial charge is 0.411 e. The highest BCUT2D eigenvalue weighted by Gasteiger charge is 2.46. The molecule has 6 aliphatic rings. The fourth-order valence-electron chi connectivity index (χ4n) is 14.6. The average Bonchev–Trinajstić information content (AvgIpc) is 1.62. The largest absolute Gasteiger partial charge is 0.467 e. The molecule has 0 aliphatic carbocycles. The number of aliphatic hydroxyl groups is 1. The van der Waals surface area contributed by atoms with Crippen molar-refractivity contribution in [2.45, 2.75) is 173 Å². The number of aromatic nitrogens is 10. The van der Waals surface area contributed by atoms with Crippen LogP contribution in [-0.2, 0) is 121 Å². The second kappa shape index (κ2) is 60.5. The topological polar surface area (TPSA) is 550 Å². The van der Waals surface area contributed by atoms with Crippen LogP contribution in [0.3, 0.4) is 0 Å². The highest BCUT2D eigenvalue weighted by atomic mass is 79.9. The number of anilines is 6. The van der Waals surface area contributed by atoms with Crippen LogP contribution in [0.5, 0.6) is 0 Å². The molecule has 12 N–H and O–H groups in total. The summed E-state index contributed by atoms with van der Waals surface area (Å²) in [4.78, 5) is 169. The molecule has 6 aromatic heterocycles. The summed E-state index contributed by atoms with van der Waals surface area (Å²) in [5, 5.41) is 25.1. The lowest BCUT2D eigenvalue weighted by molar-refractivity contribution is -0.146. The normalized spacial score (nSPS) is 16.1. The number of Topliss-reactive ketones (excluding diaryl/α,β-unsaturated/α-hetero) is 2. The van der Waals surface area contributed by atoms with E-state index in [-0.39, 0.29) is 209 Å². The summed E-state index contributed by atoms with van der Waals surface area (Å²) < 4.78 is 40.4. The number of ketones is 2. The van der Waals surface area contributed by atoms with Gasteiger partial charge in [0.15, 0.2) is 27.9 Å². The Labute approximate surface area is 875 Å². The zero-order chi connectivity index (χ0) is 95.3. The number of likely N-dealkylation sites (tertiary alicyclic amines) is 2. The third-order valence-electron chi connectivity index (χ3n) is 20.9. The van der Waals surface area contributed by atoms with Gasteiger partial charge in [0.2, 0.25) is 23.8 Å². The molecule has 0 unspecified atom stereocenters. The average molecular weight is 2230 g/mol. The number of fused-ring (bicyclic) bond motifs is 4. The van der Waals surface area contributed by atoms with E-state index in [0.717, 1.165) is 84.3 Å². The van der Waals surface area contributed by atoms with Gasteiger partial charge in [-0.05, 0) is 41.7 Å². The van der Waals surface area contributed by atoms with Crippen molar-refractivity contribution < 1.29 is 90.9 Å². The molecular weight excluding hydrogens is 2100 g/mol. The van der Waals surface area contributed by atoms with E-state index in [0.29, 0.717) is 47.2 Å². The number of aliphatic hydroxyl groups excluding tert-OH is 1. The van der Waals surface area contributed by atoms with Crippen molar-refractivity contribution in [3.8, 4) is 0 Å². The molecule has 0 radical (unpaired) electrons. The van der Waals surface area contributed by atoms with Crippen LogP contribution in [0.1, 0.15) is 180 Å². The number of hydrogen-bond acceptors (Lipinski definition) is 38. The number of halogens is 4. The number of thiazole rings is 2. The van der Waals surface area contributed by atoms with E-state index < -0.39 is 84.7 Å². The number of carbonyl (C=O) groups is 10. The highest BCUT2D eigenvalue weighted by Crippen LogP contribution is 2.41. The van der Waals surface area contributed by atoms with Gasteiger partial charge in [-0.1, -0.05) is 196 Å². The number of alkyl halides is 1. The molecule has 2 saturated heterocycles. The number of nitrogens with two attached hydrogens (primary N) is 4. The van der Waals surface area contributed by atoms with E-state index in [1.54, 1.807) is 28.6 Å². The van der Waals surface area contributed by atoms with Crippen molar-refractivity contribution in [3.63, 3.8) is 0 Å². The molecule has 0 spiro atoms. The first kappa shape index (κ1) is 123. The summed E-state index contributed by atoms with van der Waals surface area (Å²) in [6, 6.07) is 42.8. The number of amides is 5. The van der Waals surface area contributed by atoms with Gasteiger partial charge in [0.1, 0.15) is 57.2 Å². The monoisotopic (exact) mass is 2220 g/mol. The zero-order valence-electron chi connectivity index (χ0n) is 74.5. The minimum Gasteiger partial charge on any atom is -0.467 e. The summed E-state index contributed by atoms with van der Waals surface area (Å²) in [5.41, 5.74) is 34.2. The minimum atomic E-state index is -0.936. The number of esters is 3. The van der Waals surface area contributed by atoms with Crippen LogP contribution >= 0.6 is 85.2 Å². The summed E-state index contributed by atoms with van der Waals surface area (Å²) in [7, 11) is 3.73. The third-order valence-corrected chi connectivity index (χ3v) is 22.8. The molecule has 772 valence electrons. The van der Waals surface area contributed by atoms with Crippen LogP contribution in [0.15, 0.2) is 187 Å². The van der Waals surface area contributed by atoms with Crippen LogP contribution in [0.4, 0.5) is 58.0 Å². The van der Waals surface area contributed by atoms with Crippen molar-refractivity contribution in [3.05, 3.63) is 271 Å². The van der Waals surface area contributed by atoms with Gasteiger partial charge in [-0.2, -0.15) is 0 Å². The standard InChI is InChI=1S/C19H20N6O2S.C16H15ClN4O3.C16H16N4O4.C14H17NO5.C14H15NO5.C11H14N6S.6CH4.3BrH/c1-2-21-18-24-15(11-28-18)16-13-8-22-17(20)23-14(13)9-25(16)19(26)27-10-12-6-4-3-5-7-12;17-6-13(22)14-11-7-19-15(18)20-12(11)8-21(14)16(23)24-9-10-4-2-1-3-5-10;1-23-14(21)13-11-7-18-15(17)19-12(11)8-20(13)16(22)24-9-10-5-3-2-4-6-10;2*1-19-13(17)12-7-11(16)8-15(12)14(18)20-9-10-5-3-2-4-6-10;1-2-13-11-17-8(5-18-11)9-6-3-15-10(12)16-7(6)4-14-9;;;;;;;;;/h3-8,11,16H,2,9-10H2,1H3,(H,21,24)(H2,20,22,23);1-5,7,14H,6,8-9H2,(H2,18,19,20);2-7,13H,8-9H2,1H3,(H2,17,18,19);2-6,11-12,16H,7-9H2,1H3;2-6,12H,7-9H2,1H3;3,5,9,14H,2,4H2,1H3,(H,13,17)(H2,12,15,16);6*1H4;3*1H/t16-;14-;13-;11-,12-;12-;9-;;;;;;;;;/m111111........./s1. The number of nitrogens with zero attached hydrogens (tertiary/aromatic N) is 15. The Morgan fingerprint density at radius 2 is 0.762 bits per heavy atom. The van der Waals surface area contributed by atoms with Gasteiger partial charge >= 0.3 is 48.4 Å². The van der Waals surface area contributed by atoms with Gasteiger partial charge in [0.05, 0.1) is 106 Å². The summed E-state index contributed by atoms with van der Waals surface area (Å²) in [6.07, 6.45) is 2.78. The number of ether oxygens (including phenoxy) is 8. The first-order valence-corrected chi connectivity index (χ1v) is 44.1. The van der Waals surface area contributed by atoms with E-state index in [9.17, 15) is 53.1 Å². The number of rotatable bonds is 21. The number of nitrogens with one attached hydrogen (secondary N) is 3. The Balaban J connectivity index is 0.000000438. The maximum Gasteiger partial charge on any atom is 0.411 e. The maximum atomic E-state index is 12.9. The maximum absolute atomic E-state index is 12.9. The molecule has 143 heavy (non-hydrogen) atoms. The van der Waals surface area contributed by atoms with Gasteiger partial charge in [-0.15, -0.1) is 85.2 Å². The molecule has 2 fully saturated rings. The van der Waals surface area contributed by atoms with E-state index >= 15 is 0 Å². The second-order valence-electron chi connectivity index (χ2n) is 30.0. The lowest BCUT2D eigenvalue weighted by Gasteiger charge is -2.23. The lowest BCUT2D eigenvalue weighted by atomic mass is 10.1. The van der Waals surface area contributed by atoms with Gasteiger partial charge in [-0.3, -0.25) is 39.4 Å². The lowest BCUT2D eigenvalue weighted by Crippen LogP contribution is -2.41. The Morgan fingerprint density at radius 1 is 0.427 bits per heavy atom. The molecule has 47 heteroatoms. The number of benzene rings is 5. The zero-order valence-corrected chi connectivity index (χ0v) is 82.0. The van der Waals surface area contributed by atoms with Crippen molar-refractivity contribution in [1.82, 2.24) is 79.7 Å². The first-order chi connectivity index (χ1) is 64.8. The Kier molecular flexibility index (Phi) is 52.2. The number of methoxy groups -OCH3 is 3. The Morgan fingerprint density at radius 3 is 1.17 bits per heavy atom. The van der Waals surface area contributed by atoms with Crippen LogP contribution in [0, 0.1) is 0 Å². The van der Waals surface area contributed by atoms with Gasteiger partial charge in [0, 0.05) is 90.3 Å². The number of β-amino-alcohol motifs (C(OH)–C–C–N with tert-alkyl or cyclic N) is 1.